The lowest BCUT2D eigenvalue weighted by atomic mass is 10.1. The van der Waals surface area contributed by atoms with E-state index in [2.05, 4.69) is 5.32 Å². The maximum absolute atomic E-state index is 13.5. The molecule has 0 saturated carbocycles. The van der Waals surface area contributed by atoms with Crippen LogP contribution in [0.1, 0.15) is 5.56 Å². The van der Waals surface area contributed by atoms with Crippen molar-refractivity contribution in [2.24, 2.45) is 0 Å². The van der Waals surface area contributed by atoms with Gasteiger partial charge in [-0.1, -0.05) is 0 Å². The molecule has 0 aromatic heterocycles. The molecule has 1 aromatic rings. The van der Waals surface area contributed by atoms with Gasteiger partial charge in [-0.15, -0.1) is 0 Å². The first-order valence-corrected chi connectivity index (χ1v) is 5.84. The van der Waals surface area contributed by atoms with Crippen LogP contribution in [-0.2, 0) is 16.0 Å². The summed E-state index contributed by atoms with van der Waals surface area (Å²) in [6.07, 6.45) is -0.224. The Morgan fingerprint density at radius 2 is 2.05 bits per heavy atom. The van der Waals surface area contributed by atoms with E-state index in [0.717, 1.165) is 6.07 Å². The number of halogens is 2. The quantitative estimate of drug-likeness (QED) is 0.582. The molecule has 0 amide bonds. The Kier molecular flexibility index (Phi) is 6.43. The average molecular weight is 290 g/mol. The highest BCUT2D eigenvalue weighted by Gasteiger charge is 2.18. The second-order valence-corrected chi connectivity index (χ2v) is 4.10. The van der Waals surface area contributed by atoms with Crippen molar-refractivity contribution < 1.29 is 23.2 Å². The zero-order valence-corrected chi connectivity index (χ0v) is 11.2. The summed E-state index contributed by atoms with van der Waals surface area (Å²) >= 11 is 0. The summed E-state index contributed by atoms with van der Waals surface area (Å²) in [5.41, 5.74) is -0.728. The van der Waals surface area contributed by atoms with E-state index in [-0.39, 0.29) is 18.2 Å². The van der Waals surface area contributed by atoms with Gasteiger partial charge in [0.15, 0.2) is 0 Å². The molecule has 0 heterocycles. The van der Waals surface area contributed by atoms with Gasteiger partial charge in [0, 0.05) is 45.0 Å². The van der Waals surface area contributed by atoms with Gasteiger partial charge in [0.1, 0.15) is 5.82 Å². The van der Waals surface area contributed by atoms with Crippen LogP contribution >= 0.6 is 0 Å². The largest absolute Gasteiger partial charge is 0.382 e. The number of nitro benzene ring substituents is 1. The Balaban J connectivity index is 2.68. The second-order valence-electron chi connectivity index (χ2n) is 4.10. The van der Waals surface area contributed by atoms with Gasteiger partial charge >= 0.3 is 5.69 Å². The molecule has 0 aliphatic carbocycles. The smallest absolute Gasteiger partial charge is 0.305 e. The average Bonchev–Trinajstić information content (AvgIpc) is 2.39. The molecule has 1 unspecified atom stereocenters. The van der Waals surface area contributed by atoms with E-state index in [0.29, 0.717) is 19.2 Å². The molecule has 0 fully saturated rings. The summed E-state index contributed by atoms with van der Waals surface area (Å²) in [6.45, 7) is 0.751. The third-order valence-corrected chi connectivity index (χ3v) is 2.69. The summed E-state index contributed by atoms with van der Waals surface area (Å²) in [4.78, 5) is 9.70. The Bertz CT molecular complexity index is 471. The highest BCUT2D eigenvalue weighted by molar-refractivity contribution is 5.37. The third kappa shape index (κ3) is 4.48. The van der Waals surface area contributed by atoms with Crippen LogP contribution < -0.4 is 5.32 Å². The van der Waals surface area contributed by atoms with Crippen LogP contribution in [0.4, 0.5) is 14.5 Å². The van der Waals surface area contributed by atoms with Gasteiger partial charge in [0.25, 0.3) is 0 Å². The lowest BCUT2D eigenvalue weighted by Gasteiger charge is -2.15. The van der Waals surface area contributed by atoms with Crippen LogP contribution in [0.5, 0.6) is 0 Å². The molecule has 0 aliphatic rings. The number of methoxy groups -OCH3 is 2. The van der Waals surface area contributed by atoms with Crippen molar-refractivity contribution in [3.63, 3.8) is 0 Å². The monoisotopic (exact) mass is 290 g/mol. The first-order chi connectivity index (χ1) is 9.49. The van der Waals surface area contributed by atoms with Gasteiger partial charge < -0.3 is 14.8 Å². The number of nitrogens with zero attached hydrogens (tertiary/aromatic N) is 1. The minimum absolute atomic E-state index is 0.0189. The van der Waals surface area contributed by atoms with E-state index in [4.69, 9.17) is 9.47 Å². The summed E-state index contributed by atoms with van der Waals surface area (Å²) in [7, 11) is 3.03. The number of nitro groups is 1. The van der Waals surface area contributed by atoms with E-state index in [9.17, 15) is 18.9 Å². The Morgan fingerprint density at radius 1 is 1.35 bits per heavy atom. The number of hydrogen-bond donors (Lipinski definition) is 1. The minimum Gasteiger partial charge on any atom is -0.382 e. The van der Waals surface area contributed by atoms with Gasteiger partial charge in [0.05, 0.1) is 17.6 Å². The molecule has 112 valence electrons. The molecule has 8 heteroatoms. The molecule has 1 rings (SSSR count). The van der Waals surface area contributed by atoms with E-state index in [1.54, 1.807) is 0 Å². The maximum atomic E-state index is 13.5. The van der Waals surface area contributed by atoms with Gasteiger partial charge in [-0.2, -0.15) is 4.39 Å². The standard InChI is InChI=1S/C12H16F2N2O4/c1-19-7-9(20-2)6-15-5-8-3-12(16(17)18)11(14)4-10(8)13/h3-4,9,15H,5-7H2,1-2H3. The molecule has 0 spiro atoms. The van der Waals surface area contributed by atoms with E-state index < -0.39 is 22.2 Å². The number of nitrogens with one attached hydrogen (secondary N) is 1. The van der Waals surface area contributed by atoms with Crippen LogP contribution in [0.3, 0.4) is 0 Å². The van der Waals surface area contributed by atoms with Crippen LogP contribution in [0, 0.1) is 21.7 Å². The molecule has 0 bridgehead atoms. The van der Waals surface area contributed by atoms with Crippen molar-refractivity contribution in [3.05, 3.63) is 39.4 Å². The van der Waals surface area contributed by atoms with Crippen LogP contribution in [0.15, 0.2) is 12.1 Å². The summed E-state index contributed by atoms with van der Waals surface area (Å²) in [5, 5.41) is 13.5. The SMILES string of the molecule is COCC(CNCc1cc([N+](=O)[O-])c(F)cc1F)OC. The number of hydrogen-bond acceptors (Lipinski definition) is 5. The maximum Gasteiger partial charge on any atom is 0.305 e. The minimum atomic E-state index is -1.19. The lowest BCUT2D eigenvalue weighted by molar-refractivity contribution is -0.387. The fourth-order valence-corrected chi connectivity index (χ4v) is 1.62. The fourth-order valence-electron chi connectivity index (χ4n) is 1.62. The van der Waals surface area contributed by atoms with Crippen molar-refractivity contribution in [2.75, 3.05) is 27.4 Å². The molecule has 0 radical (unpaired) electrons. The van der Waals surface area contributed by atoms with E-state index in [1.165, 1.54) is 14.2 Å². The fraction of sp³-hybridized carbons (Fsp3) is 0.500. The molecular weight excluding hydrogens is 274 g/mol. The highest BCUT2D eigenvalue weighted by atomic mass is 19.1. The van der Waals surface area contributed by atoms with Crippen LogP contribution in [0.2, 0.25) is 0 Å². The zero-order valence-electron chi connectivity index (χ0n) is 11.2. The topological polar surface area (TPSA) is 73.6 Å². The van der Waals surface area contributed by atoms with Crippen LogP contribution in [0.25, 0.3) is 0 Å². The second kappa shape index (κ2) is 7.83. The molecule has 1 N–H and O–H groups in total. The number of ether oxygens (including phenoxy) is 2. The summed E-state index contributed by atoms with van der Waals surface area (Å²) in [6, 6.07) is 1.40. The Hall–Kier alpha value is -1.64. The molecule has 1 atom stereocenters. The Labute approximate surface area is 114 Å². The molecule has 0 aliphatic heterocycles. The first-order valence-electron chi connectivity index (χ1n) is 5.84. The van der Waals surface area contributed by atoms with Gasteiger partial charge in [0.2, 0.25) is 5.82 Å². The van der Waals surface area contributed by atoms with E-state index >= 15 is 0 Å². The third-order valence-electron chi connectivity index (χ3n) is 2.69. The Morgan fingerprint density at radius 3 is 2.60 bits per heavy atom. The molecule has 6 nitrogen and oxygen atoms in total. The normalized spacial score (nSPS) is 12.4. The number of rotatable bonds is 8. The van der Waals surface area contributed by atoms with Crippen molar-refractivity contribution in [3.8, 4) is 0 Å². The van der Waals surface area contributed by atoms with Crippen LogP contribution in [-0.4, -0.2) is 38.4 Å². The molecule has 20 heavy (non-hydrogen) atoms. The van der Waals surface area contributed by atoms with E-state index in [1.807, 2.05) is 0 Å². The lowest BCUT2D eigenvalue weighted by Crippen LogP contribution is -2.31. The first kappa shape index (κ1) is 16.4. The van der Waals surface area contributed by atoms with Gasteiger partial charge in [-0.25, -0.2) is 4.39 Å². The van der Waals surface area contributed by atoms with Crippen molar-refractivity contribution >= 4 is 5.69 Å². The number of benzene rings is 1. The zero-order chi connectivity index (χ0) is 15.1. The van der Waals surface area contributed by atoms with Crippen molar-refractivity contribution in [1.82, 2.24) is 5.32 Å². The molecular formula is C12H16F2N2O4. The van der Waals surface area contributed by atoms with Gasteiger partial charge in [-0.05, 0) is 0 Å². The predicted octanol–water partition coefficient (Wildman–Crippen LogP) is 1.62. The molecule has 1 aromatic carbocycles. The van der Waals surface area contributed by atoms with Crippen molar-refractivity contribution in [2.45, 2.75) is 12.6 Å². The summed E-state index contributed by atoms with van der Waals surface area (Å²) < 4.78 is 36.6. The molecule has 0 saturated heterocycles. The van der Waals surface area contributed by atoms with Crippen molar-refractivity contribution in [1.29, 1.82) is 0 Å². The predicted molar refractivity (Wildman–Crippen MR) is 67.4 cm³/mol. The van der Waals surface area contributed by atoms with Gasteiger partial charge in [-0.3, -0.25) is 10.1 Å². The summed E-state index contributed by atoms with van der Waals surface area (Å²) in [5.74, 6) is -2.02. The highest BCUT2D eigenvalue weighted by Crippen LogP contribution is 2.21.